The van der Waals surface area contributed by atoms with E-state index in [1.165, 1.54) is 25.7 Å². The summed E-state index contributed by atoms with van der Waals surface area (Å²) in [5, 5.41) is 0. The fraction of sp³-hybridized carbons (Fsp3) is 0.833. The topological polar surface area (TPSA) is 24.9 Å². The van der Waals surface area contributed by atoms with Crippen LogP contribution >= 0.6 is 0 Å². The van der Waals surface area contributed by atoms with E-state index in [-0.39, 0.29) is 10.8 Å². The van der Waals surface area contributed by atoms with Gasteiger partial charge in [-0.3, -0.25) is 9.80 Å². The van der Waals surface area contributed by atoms with E-state index < -0.39 is 0 Å². The van der Waals surface area contributed by atoms with Gasteiger partial charge in [0.05, 0.1) is 26.4 Å². The molecule has 0 aromatic rings. The van der Waals surface area contributed by atoms with E-state index in [1.807, 2.05) is 0 Å². The Balaban J connectivity index is 1.56. The second kappa shape index (κ2) is 12.1. The van der Waals surface area contributed by atoms with E-state index in [4.69, 9.17) is 9.47 Å². The molecule has 0 N–H and O–H groups in total. The second-order valence-electron chi connectivity index (χ2n) is 9.84. The Morgan fingerprint density at radius 3 is 1.36 bits per heavy atom. The van der Waals surface area contributed by atoms with Crippen molar-refractivity contribution in [1.29, 1.82) is 0 Å². The van der Waals surface area contributed by atoms with Gasteiger partial charge in [-0.2, -0.15) is 0 Å². The van der Waals surface area contributed by atoms with Crippen LogP contribution in [0.25, 0.3) is 0 Å². The summed E-state index contributed by atoms with van der Waals surface area (Å²) >= 11 is 0. The molecule has 2 aliphatic rings. The first-order chi connectivity index (χ1) is 13.4. The molecular weight excluding hydrogens is 348 g/mol. The maximum absolute atomic E-state index is 5.45. The Hall–Kier alpha value is -0.680. The fourth-order valence-electron chi connectivity index (χ4n) is 4.11. The number of hydrogen-bond acceptors (Lipinski definition) is 4. The van der Waals surface area contributed by atoms with Crippen molar-refractivity contribution < 1.29 is 9.47 Å². The molecule has 0 aromatic heterocycles. The van der Waals surface area contributed by atoms with Gasteiger partial charge >= 0.3 is 0 Å². The van der Waals surface area contributed by atoms with E-state index in [0.717, 1.165) is 65.7 Å². The normalized spacial score (nSPS) is 21.1. The smallest absolute Gasteiger partial charge is 0.0594 e. The molecule has 0 unspecified atom stereocenters. The average molecular weight is 393 g/mol. The second-order valence-corrected chi connectivity index (χ2v) is 9.84. The van der Waals surface area contributed by atoms with Gasteiger partial charge in [0, 0.05) is 39.3 Å². The lowest BCUT2D eigenvalue weighted by Gasteiger charge is -2.33. The third-order valence-electron chi connectivity index (χ3n) is 5.60. The Kier molecular flexibility index (Phi) is 10.2. The SMILES string of the molecule is CC(C)(C=CCCCCC=CC(C)(C)CN1CCOCC1)CN1CCOCC1. The number of rotatable bonds is 11. The predicted octanol–water partition coefficient (Wildman–Crippen LogP) is 4.38. The highest BCUT2D eigenvalue weighted by atomic mass is 16.5. The van der Waals surface area contributed by atoms with Crippen LogP contribution in [-0.4, -0.2) is 75.5 Å². The van der Waals surface area contributed by atoms with Gasteiger partial charge in [-0.05, 0) is 36.5 Å². The van der Waals surface area contributed by atoms with E-state index in [0.29, 0.717) is 0 Å². The minimum absolute atomic E-state index is 0.251. The third kappa shape index (κ3) is 10.2. The Morgan fingerprint density at radius 1 is 0.643 bits per heavy atom. The van der Waals surface area contributed by atoms with Crippen molar-refractivity contribution in [1.82, 2.24) is 9.80 Å². The minimum atomic E-state index is 0.251. The van der Waals surface area contributed by atoms with Crippen molar-refractivity contribution >= 4 is 0 Å². The predicted molar refractivity (Wildman–Crippen MR) is 119 cm³/mol. The van der Waals surface area contributed by atoms with Crippen molar-refractivity contribution in [3.63, 3.8) is 0 Å². The van der Waals surface area contributed by atoms with Gasteiger partial charge in [0.15, 0.2) is 0 Å². The zero-order valence-corrected chi connectivity index (χ0v) is 18.9. The molecule has 0 spiro atoms. The first-order valence-electron chi connectivity index (χ1n) is 11.3. The number of unbranched alkanes of at least 4 members (excludes halogenated alkanes) is 3. The number of morpholine rings is 2. The lowest BCUT2D eigenvalue weighted by Crippen LogP contribution is -2.41. The van der Waals surface area contributed by atoms with Crippen LogP contribution in [0.3, 0.4) is 0 Å². The van der Waals surface area contributed by atoms with Crippen LogP contribution < -0.4 is 0 Å². The van der Waals surface area contributed by atoms with Crippen LogP contribution in [0.15, 0.2) is 24.3 Å². The van der Waals surface area contributed by atoms with E-state index >= 15 is 0 Å². The Bertz CT molecular complexity index is 429. The zero-order chi connectivity index (χ0) is 20.3. The van der Waals surface area contributed by atoms with Gasteiger partial charge in [-0.25, -0.2) is 0 Å². The highest BCUT2D eigenvalue weighted by Gasteiger charge is 2.21. The summed E-state index contributed by atoms with van der Waals surface area (Å²) in [6.07, 6.45) is 14.6. The fourth-order valence-corrected chi connectivity index (χ4v) is 4.11. The summed E-state index contributed by atoms with van der Waals surface area (Å²) in [7, 11) is 0. The Labute approximate surface area is 173 Å². The van der Waals surface area contributed by atoms with Gasteiger partial charge in [0.1, 0.15) is 0 Å². The lowest BCUT2D eigenvalue weighted by atomic mass is 9.91. The van der Waals surface area contributed by atoms with Crippen molar-refractivity contribution in [3.8, 4) is 0 Å². The van der Waals surface area contributed by atoms with Crippen molar-refractivity contribution in [2.45, 2.75) is 53.4 Å². The van der Waals surface area contributed by atoms with Crippen molar-refractivity contribution in [2.75, 3.05) is 65.7 Å². The third-order valence-corrected chi connectivity index (χ3v) is 5.60. The van der Waals surface area contributed by atoms with Crippen LogP contribution in [0.4, 0.5) is 0 Å². The molecule has 2 saturated heterocycles. The maximum atomic E-state index is 5.45. The molecule has 2 fully saturated rings. The summed E-state index contributed by atoms with van der Waals surface area (Å²) in [6, 6.07) is 0. The summed E-state index contributed by atoms with van der Waals surface area (Å²) in [5.41, 5.74) is 0.502. The van der Waals surface area contributed by atoms with Crippen LogP contribution in [0, 0.1) is 10.8 Å². The summed E-state index contributed by atoms with van der Waals surface area (Å²) in [6.45, 7) is 19.5. The first kappa shape index (κ1) is 23.6. The molecule has 0 aromatic carbocycles. The zero-order valence-electron chi connectivity index (χ0n) is 18.9. The lowest BCUT2D eigenvalue weighted by molar-refractivity contribution is 0.0266. The van der Waals surface area contributed by atoms with Crippen molar-refractivity contribution in [3.05, 3.63) is 24.3 Å². The molecule has 0 radical (unpaired) electrons. The summed E-state index contributed by atoms with van der Waals surface area (Å²) < 4.78 is 10.9. The van der Waals surface area contributed by atoms with Gasteiger partial charge < -0.3 is 9.47 Å². The monoisotopic (exact) mass is 392 g/mol. The molecule has 0 bridgehead atoms. The number of hydrogen-bond donors (Lipinski definition) is 0. The molecular formula is C24H44N2O2. The molecule has 162 valence electrons. The number of allylic oxidation sites excluding steroid dienone is 2. The Morgan fingerprint density at radius 2 is 1.00 bits per heavy atom. The van der Waals surface area contributed by atoms with E-state index in [2.05, 4.69) is 61.8 Å². The largest absolute Gasteiger partial charge is 0.379 e. The quantitative estimate of drug-likeness (QED) is 0.385. The first-order valence-corrected chi connectivity index (χ1v) is 11.3. The van der Waals surface area contributed by atoms with E-state index in [9.17, 15) is 0 Å². The molecule has 28 heavy (non-hydrogen) atoms. The molecule has 0 atom stereocenters. The van der Waals surface area contributed by atoms with Gasteiger partial charge in [0.2, 0.25) is 0 Å². The molecule has 4 nitrogen and oxygen atoms in total. The van der Waals surface area contributed by atoms with Crippen LogP contribution in [0.2, 0.25) is 0 Å². The van der Waals surface area contributed by atoms with Crippen LogP contribution in [-0.2, 0) is 9.47 Å². The highest BCUT2D eigenvalue weighted by molar-refractivity contribution is 4.98. The molecule has 0 amide bonds. The molecule has 0 aliphatic carbocycles. The minimum Gasteiger partial charge on any atom is -0.379 e. The van der Waals surface area contributed by atoms with E-state index in [1.54, 1.807) is 0 Å². The molecule has 2 aliphatic heterocycles. The van der Waals surface area contributed by atoms with Crippen LogP contribution in [0.1, 0.15) is 53.4 Å². The molecule has 0 saturated carbocycles. The molecule has 2 rings (SSSR count). The highest BCUT2D eigenvalue weighted by Crippen LogP contribution is 2.22. The standard InChI is InChI=1S/C24H44N2O2/c1-23(2,21-25-13-17-27-18-14-25)11-9-7-5-6-8-10-12-24(3,4)22-26-15-19-28-20-16-26/h9-12H,5-8,13-22H2,1-4H3. The van der Waals surface area contributed by atoms with Crippen molar-refractivity contribution in [2.24, 2.45) is 10.8 Å². The van der Waals surface area contributed by atoms with Gasteiger partial charge in [-0.1, -0.05) is 52.0 Å². The van der Waals surface area contributed by atoms with Crippen LogP contribution in [0.5, 0.6) is 0 Å². The molecule has 4 heteroatoms. The average Bonchev–Trinajstić information content (AvgIpc) is 2.64. The number of ether oxygens (including phenoxy) is 2. The summed E-state index contributed by atoms with van der Waals surface area (Å²) in [5.74, 6) is 0. The molecule has 2 heterocycles. The van der Waals surface area contributed by atoms with Gasteiger partial charge in [0.25, 0.3) is 0 Å². The summed E-state index contributed by atoms with van der Waals surface area (Å²) in [4.78, 5) is 5.05. The number of nitrogens with zero attached hydrogens (tertiary/aromatic N) is 2. The maximum Gasteiger partial charge on any atom is 0.0594 e. The van der Waals surface area contributed by atoms with Gasteiger partial charge in [-0.15, -0.1) is 0 Å².